The van der Waals surface area contributed by atoms with Crippen molar-refractivity contribution in [3.05, 3.63) is 58.9 Å². The standard InChI is InChI=1S/C23H27N3O/c1-16-9-12-26-20(15-22(27)25-10-5-4-6-11-25)23(24-21(26)13-16)19-8-7-17(2)18(3)14-19/h7-9,12-14H,4-6,10-11,15H2,1-3H3. The van der Waals surface area contributed by atoms with E-state index in [1.165, 1.54) is 23.1 Å². The molecule has 0 unspecified atom stereocenters. The largest absolute Gasteiger partial charge is 0.342 e. The molecule has 0 atom stereocenters. The van der Waals surface area contributed by atoms with Gasteiger partial charge in [0.2, 0.25) is 5.91 Å². The normalized spacial score (nSPS) is 14.7. The first kappa shape index (κ1) is 17.8. The van der Waals surface area contributed by atoms with E-state index in [1.54, 1.807) is 0 Å². The zero-order valence-electron chi connectivity index (χ0n) is 16.5. The molecule has 1 aliphatic rings. The Kier molecular flexibility index (Phi) is 4.73. The van der Waals surface area contributed by atoms with Gasteiger partial charge in [-0.25, -0.2) is 4.98 Å². The maximum absolute atomic E-state index is 13.0. The predicted molar refractivity (Wildman–Crippen MR) is 109 cm³/mol. The van der Waals surface area contributed by atoms with Gasteiger partial charge in [0.05, 0.1) is 17.8 Å². The topological polar surface area (TPSA) is 37.6 Å². The molecule has 1 fully saturated rings. The number of likely N-dealkylation sites (tertiary alicyclic amines) is 1. The van der Waals surface area contributed by atoms with Gasteiger partial charge in [-0.1, -0.05) is 12.1 Å². The lowest BCUT2D eigenvalue weighted by Gasteiger charge is -2.26. The van der Waals surface area contributed by atoms with Crippen LogP contribution in [0.2, 0.25) is 0 Å². The molecule has 0 bridgehead atoms. The quantitative estimate of drug-likeness (QED) is 0.690. The number of hydrogen-bond acceptors (Lipinski definition) is 2. The maximum Gasteiger partial charge on any atom is 0.228 e. The Morgan fingerprint density at radius 3 is 2.52 bits per heavy atom. The predicted octanol–water partition coefficient (Wildman–Crippen LogP) is 4.48. The summed E-state index contributed by atoms with van der Waals surface area (Å²) in [5.41, 5.74) is 7.59. The molecule has 0 saturated carbocycles. The molecule has 4 heteroatoms. The number of pyridine rings is 1. The smallest absolute Gasteiger partial charge is 0.228 e. The Morgan fingerprint density at radius 2 is 1.78 bits per heavy atom. The van der Waals surface area contributed by atoms with Crippen molar-refractivity contribution < 1.29 is 4.79 Å². The van der Waals surface area contributed by atoms with Gasteiger partial charge in [0.15, 0.2) is 0 Å². The molecular formula is C23H27N3O. The van der Waals surface area contributed by atoms with E-state index in [0.717, 1.165) is 48.5 Å². The summed E-state index contributed by atoms with van der Waals surface area (Å²) in [4.78, 5) is 19.9. The molecule has 4 nitrogen and oxygen atoms in total. The number of aryl methyl sites for hydroxylation is 3. The first-order valence-electron chi connectivity index (χ1n) is 9.86. The second-order valence-corrected chi connectivity index (χ2v) is 7.76. The van der Waals surface area contributed by atoms with E-state index in [9.17, 15) is 4.79 Å². The summed E-state index contributed by atoms with van der Waals surface area (Å²) in [5.74, 6) is 0.210. The van der Waals surface area contributed by atoms with Gasteiger partial charge in [-0.2, -0.15) is 0 Å². The van der Waals surface area contributed by atoms with E-state index in [-0.39, 0.29) is 5.91 Å². The van der Waals surface area contributed by atoms with Crippen molar-refractivity contribution in [3.63, 3.8) is 0 Å². The highest BCUT2D eigenvalue weighted by molar-refractivity contribution is 5.82. The maximum atomic E-state index is 13.0. The number of piperidine rings is 1. The number of aromatic nitrogens is 2. The Hall–Kier alpha value is -2.62. The van der Waals surface area contributed by atoms with Gasteiger partial charge in [0.25, 0.3) is 0 Å². The van der Waals surface area contributed by atoms with Crippen LogP contribution in [0.25, 0.3) is 16.9 Å². The lowest BCUT2D eigenvalue weighted by molar-refractivity contribution is -0.131. The van der Waals surface area contributed by atoms with Crippen molar-refractivity contribution in [1.82, 2.24) is 14.3 Å². The van der Waals surface area contributed by atoms with E-state index in [0.29, 0.717) is 6.42 Å². The van der Waals surface area contributed by atoms with Crippen molar-refractivity contribution >= 4 is 11.6 Å². The monoisotopic (exact) mass is 361 g/mol. The summed E-state index contributed by atoms with van der Waals surface area (Å²) in [6.07, 6.45) is 5.89. The van der Waals surface area contributed by atoms with Gasteiger partial charge < -0.3 is 9.30 Å². The zero-order valence-corrected chi connectivity index (χ0v) is 16.5. The van der Waals surface area contributed by atoms with E-state index in [4.69, 9.17) is 4.98 Å². The molecule has 140 valence electrons. The molecule has 1 aromatic carbocycles. The highest BCUT2D eigenvalue weighted by Gasteiger charge is 2.22. The third-order valence-corrected chi connectivity index (χ3v) is 5.69. The third-order valence-electron chi connectivity index (χ3n) is 5.69. The van der Waals surface area contributed by atoms with E-state index in [2.05, 4.69) is 55.5 Å². The van der Waals surface area contributed by atoms with Crippen LogP contribution in [0.1, 0.15) is 41.6 Å². The number of fused-ring (bicyclic) bond motifs is 1. The van der Waals surface area contributed by atoms with Crippen LogP contribution in [0.5, 0.6) is 0 Å². The Labute approximate surface area is 160 Å². The van der Waals surface area contributed by atoms with Crippen molar-refractivity contribution in [3.8, 4) is 11.3 Å². The summed E-state index contributed by atoms with van der Waals surface area (Å²) in [7, 11) is 0. The molecular weight excluding hydrogens is 334 g/mol. The van der Waals surface area contributed by atoms with Crippen molar-refractivity contribution in [2.45, 2.75) is 46.5 Å². The minimum Gasteiger partial charge on any atom is -0.342 e. The molecule has 2 aromatic heterocycles. The number of hydrogen-bond donors (Lipinski definition) is 0. The Balaban J connectivity index is 1.78. The number of carbonyl (C=O) groups excluding carboxylic acids is 1. The molecule has 4 rings (SSSR count). The molecule has 0 N–H and O–H groups in total. The lowest BCUT2D eigenvalue weighted by Crippen LogP contribution is -2.36. The van der Waals surface area contributed by atoms with Crippen LogP contribution >= 0.6 is 0 Å². The van der Waals surface area contributed by atoms with Crippen LogP contribution in [0.3, 0.4) is 0 Å². The molecule has 27 heavy (non-hydrogen) atoms. The van der Waals surface area contributed by atoms with E-state index >= 15 is 0 Å². The van der Waals surface area contributed by atoms with Gasteiger partial charge in [-0.3, -0.25) is 4.79 Å². The van der Waals surface area contributed by atoms with E-state index < -0.39 is 0 Å². The fraction of sp³-hybridized carbons (Fsp3) is 0.391. The summed E-state index contributed by atoms with van der Waals surface area (Å²) in [6, 6.07) is 10.6. The molecule has 1 aliphatic heterocycles. The number of nitrogens with zero attached hydrogens (tertiary/aromatic N) is 3. The van der Waals surface area contributed by atoms with Crippen LogP contribution in [0.15, 0.2) is 36.5 Å². The molecule has 3 aromatic rings. The molecule has 3 heterocycles. The highest BCUT2D eigenvalue weighted by Crippen LogP contribution is 2.28. The number of imidazole rings is 1. The summed E-state index contributed by atoms with van der Waals surface area (Å²) < 4.78 is 2.08. The van der Waals surface area contributed by atoms with E-state index in [1.807, 2.05) is 11.1 Å². The number of benzene rings is 1. The van der Waals surface area contributed by atoms with Gasteiger partial charge in [-0.15, -0.1) is 0 Å². The summed E-state index contributed by atoms with van der Waals surface area (Å²) in [5, 5.41) is 0. The second-order valence-electron chi connectivity index (χ2n) is 7.76. The molecule has 0 spiro atoms. The van der Waals surface area contributed by atoms with Gasteiger partial charge >= 0.3 is 0 Å². The number of carbonyl (C=O) groups is 1. The van der Waals surface area contributed by atoms with Crippen LogP contribution in [0.4, 0.5) is 0 Å². The Morgan fingerprint density at radius 1 is 1.00 bits per heavy atom. The van der Waals surface area contributed by atoms with Gasteiger partial charge in [0, 0.05) is 24.8 Å². The summed E-state index contributed by atoms with van der Waals surface area (Å²) in [6.45, 7) is 8.08. The lowest BCUT2D eigenvalue weighted by atomic mass is 10.0. The number of rotatable bonds is 3. The van der Waals surface area contributed by atoms with Gasteiger partial charge in [-0.05, 0) is 74.9 Å². The fourth-order valence-electron chi connectivity index (χ4n) is 3.88. The Bertz CT molecular complexity index is 996. The first-order chi connectivity index (χ1) is 13.0. The van der Waals surface area contributed by atoms with Crippen molar-refractivity contribution in [2.24, 2.45) is 0 Å². The highest BCUT2D eigenvalue weighted by atomic mass is 16.2. The van der Waals surface area contributed by atoms with Crippen LogP contribution in [-0.2, 0) is 11.2 Å². The molecule has 1 saturated heterocycles. The molecule has 0 radical (unpaired) electrons. The minimum absolute atomic E-state index is 0.210. The third kappa shape index (κ3) is 3.48. The van der Waals surface area contributed by atoms with Crippen molar-refractivity contribution in [1.29, 1.82) is 0 Å². The van der Waals surface area contributed by atoms with Crippen LogP contribution in [0, 0.1) is 20.8 Å². The average molecular weight is 361 g/mol. The average Bonchev–Trinajstić information content (AvgIpc) is 3.02. The SMILES string of the molecule is Cc1ccn2c(CC(=O)N3CCCCC3)c(-c3ccc(C)c(C)c3)nc2c1. The first-order valence-corrected chi connectivity index (χ1v) is 9.86. The number of amides is 1. The summed E-state index contributed by atoms with van der Waals surface area (Å²) >= 11 is 0. The zero-order chi connectivity index (χ0) is 19.0. The molecule has 1 amide bonds. The fourth-order valence-corrected chi connectivity index (χ4v) is 3.88. The van der Waals surface area contributed by atoms with Crippen LogP contribution in [-0.4, -0.2) is 33.3 Å². The van der Waals surface area contributed by atoms with Crippen LogP contribution < -0.4 is 0 Å². The van der Waals surface area contributed by atoms with Crippen molar-refractivity contribution in [2.75, 3.05) is 13.1 Å². The minimum atomic E-state index is 0.210. The second kappa shape index (κ2) is 7.18. The van der Waals surface area contributed by atoms with Gasteiger partial charge in [0.1, 0.15) is 5.65 Å². The molecule has 0 aliphatic carbocycles.